The third-order valence-corrected chi connectivity index (χ3v) is 5.58. The maximum absolute atomic E-state index is 12.7. The van der Waals surface area contributed by atoms with Crippen LogP contribution in [0.15, 0.2) is 71.9 Å². The molecule has 3 heterocycles. The summed E-state index contributed by atoms with van der Waals surface area (Å²) < 4.78 is 5.83. The number of amides is 2. The molecule has 26 heavy (non-hydrogen) atoms. The van der Waals surface area contributed by atoms with Crippen LogP contribution < -0.4 is 15.0 Å². The Hall–Kier alpha value is -2.99. The van der Waals surface area contributed by atoms with E-state index in [0.717, 1.165) is 39.2 Å². The summed E-state index contributed by atoms with van der Waals surface area (Å²) in [5.74, 6) is 2.34. The number of benzene rings is 2. The molecule has 1 aromatic heterocycles. The molecular weight excluding hydrogens is 346 g/mol. The van der Waals surface area contributed by atoms with Crippen LogP contribution in [0.25, 0.3) is 0 Å². The highest BCUT2D eigenvalue weighted by molar-refractivity contribution is 7.99. The van der Waals surface area contributed by atoms with E-state index in [1.54, 1.807) is 22.9 Å². The zero-order valence-corrected chi connectivity index (χ0v) is 14.6. The van der Waals surface area contributed by atoms with Crippen LogP contribution in [0.2, 0.25) is 0 Å². The molecule has 0 spiro atoms. The van der Waals surface area contributed by atoms with Crippen LogP contribution >= 0.6 is 11.8 Å². The number of carbonyl (C=O) groups excluding carboxylic acids is 1. The number of nitrogens with zero attached hydrogens (tertiary/aromatic N) is 2. The summed E-state index contributed by atoms with van der Waals surface area (Å²) in [6.45, 7) is 0. The maximum atomic E-state index is 12.7. The fourth-order valence-corrected chi connectivity index (χ4v) is 4.42. The summed E-state index contributed by atoms with van der Waals surface area (Å²) in [5, 5.41) is 4.07. The number of anilines is 2. The lowest BCUT2D eigenvalue weighted by molar-refractivity contribution is 0.244. The first-order chi connectivity index (χ1) is 12.8. The predicted molar refractivity (Wildman–Crippen MR) is 101 cm³/mol. The normalized spacial score (nSPS) is 17.6. The monoisotopic (exact) mass is 361 g/mol. The fourth-order valence-electron chi connectivity index (χ4n) is 3.31. The molecule has 5 rings (SSSR count). The second kappa shape index (κ2) is 6.07. The maximum Gasteiger partial charge on any atom is 0.327 e. The SMILES string of the molecule is O=C1NC2CSc3nccc(c32)N1c1ccc(Oc2ccccc2)cc1. The van der Waals surface area contributed by atoms with Crippen LogP contribution in [0.4, 0.5) is 16.2 Å². The summed E-state index contributed by atoms with van der Waals surface area (Å²) in [4.78, 5) is 18.8. The Morgan fingerprint density at radius 3 is 2.62 bits per heavy atom. The van der Waals surface area contributed by atoms with E-state index < -0.39 is 0 Å². The van der Waals surface area contributed by atoms with E-state index >= 15 is 0 Å². The molecule has 6 heteroatoms. The zero-order chi connectivity index (χ0) is 17.5. The van der Waals surface area contributed by atoms with Gasteiger partial charge in [-0.25, -0.2) is 9.78 Å². The van der Waals surface area contributed by atoms with E-state index in [-0.39, 0.29) is 12.1 Å². The van der Waals surface area contributed by atoms with Crippen molar-refractivity contribution >= 4 is 29.2 Å². The number of hydrogen-bond donors (Lipinski definition) is 1. The van der Waals surface area contributed by atoms with Crippen molar-refractivity contribution in [3.05, 3.63) is 72.4 Å². The van der Waals surface area contributed by atoms with E-state index in [2.05, 4.69) is 10.3 Å². The lowest BCUT2D eigenvalue weighted by Crippen LogP contribution is -2.44. The summed E-state index contributed by atoms with van der Waals surface area (Å²) in [5.41, 5.74) is 2.82. The zero-order valence-electron chi connectivity index (χ0n) is 13.8. The molecule has 0 aliphatic carbocycles. The number of para-hydroxylation sites is 1. The minimum absolute atomic E-state index is 0.0446. The molecule has 1 unspecified atom stereocenters. The molecule has 0 saturated carbocycles. The van der Waals surface area contributed by atoms with E-state index in [9.17, 15) is 4.79 Å². The second-order valence-corrected chi connectivity index (χ2v) is 7.12. The number of pyridine rings is 1. The van der Waals surface area contributed by atoms with Crippen molar-refractivity contribution in [3.63, 3.8) is 0 Å². The average molecular weight is 361 g/mol. The lowest BCUT2D eigenvalue weighted by atomic mass is 10.1. The van der Waals surface area contributed by atoms with Gasteiger partial charge in [0.15, 0.2) is 0 Å². The van der Waals surface area contributed by atoms with Crippen molar-refractivity contribution in [2.45, 2.75) is 11.1 Å². The van der Waals surface area contributed by atoms with E-state index in [4.69, 9.17) is 4.74 Å². The van der Waals surface area contributed by atoms with Crippen LogP contribution in [-0.2, 0) is 0 Å². The molecule has 2 aliphatic heterocycles. The first kappa shape index (κ1) is 15.3. The van der Waals surface area contributed by atoms with Crippen molar-refractivity contribution in [3.8, 4) is 11.5 Å². The van der Waals surface area contributed by atoms with Gasteiger partial charge < -0.3 is 10.1 Å². The summed E-state index contributed by atoms with van der Waals surface area (Å²) in [6.07, 6.45) is 1.77. The van der Waals surface area contributed by atoms with Crippen LogP contribution in [0.5, 0.6) is 11.5 Å². The van der Waals surface area contributed by atoms with E-state index in [1.807, 2.05) is 60.7 Å². The van der Waals surface area contributed by atoms with Crippen molar-refractivity contribution in [1.29, 1.82) is 0 Å². The molecule has 2 aromatic carbocycles. The number of rotatable bonds is 3. The van der Waals surface area contributed by atoms with Crippen LogP contribution in [0.3, 0.4) is 0 Å². The summed E-state index contributed by atoms with van der Waals surface area (Å²) in [6, 6.07) is 19.0. The van der Waals surface area contributed by atoms with Crippen LogP contribution in [0.1, 0.15) is 11.6 Å². The Bertz CT molecular complexity index is 976. The predicted octanol–water partition coefficient (Wildman–Crippen LogP) is 4.88. The van der Waals surface area contributed by atoms with Crippen LogP contribution in [-0.4, -0.2) is 16.8 Å². The standard InChI is InChI=1S/C20H15N3O2S/c24-20-22-16-12-26-19-18(16)17(10-11-21-19)23(20)13-6-8-15(9-7-13)25-14-4-2-1-3-5-14/h1-11,16H,12H2,(H,22,24). The Balaban J connectivity index is 1.48. The molecule has 0 saturated heterocycles. The van der Waals surface area contributed by atoms with Gasteiger partial charge in [-0.1, -0.05) is 18.2 Å². The van der Waals surface area contributed by atoms with E-state index in [1.165, 1.54) is 0 Å². The lowest BCUT2D eigenvalue weighted by Gasteiger charge is -2.32. The van der Waals surface area contributed by atoms with Gasteiger partial charge in [0, 0.05) is 17.5 Å². The van der Waals surface area contributed by atoms with Gasteiger partial charge in [0.05, 0.1) is 17.4 Å². The molecule has 0 bridgehead atoms. The molecule has 2 aliphatic rings. The molecule has 2 amide bonds. The number of ether oxygens (including phenoxy) is 1. The molecule has 0 radical (unpaired) electrons. The number of nitrogens with one attached hydrogen (secondary N) is 1. The smallest absolute Gasteiger partial charge is 0.327 e. The topological polar surface area (TPSA) is 54.5 Å². The van der Waals surface area contributed by atoms with Gasteiger partial charge in [0.2, 0.25) is 0 Å². The fraction of sp³-hybridized carbons (Fsp3) is 0.100. The molecular formula is C20H15N3O2S. The highest BCUT2D eigenvalue weighted by Gasteiger charge is 2.37. The van der Waals surface area contributed by atoms with Gasteiger partial charge in [-0.05, 0) is 42.5 Å². The molecule has 0 fully saturated rings. The minimum Gasteiger partial charge on any atom is -0.457 e. The Morgan fingerprint density at radius 2 is 1.81 bits per heavy atom. The van der Waals surface area contributed by atoms with Gasteiger partial charge in [-0.3, -0.25) is 4.90 Å². The number of aromatic nitrogens is 1. The third kappa shape index (κ3) is 2.50. The number of urea groups is 1. The molecule has 128 valence electrons. The Labute approximate surface area is 155 Å². The Morgan fingerprint density at radius 1 is 1.04 bits per heavy atom. The van der Waals surface area contributed by atoms with Gasteiger partial charge in [-0.2, -0.15) is 0 Å². The van der Waals surface area contributed by atoms with Crippen molar-refractivity contribution in [2.75, 3.05) is 10.7 Å². The molecule has 3 aromatic rings. The van der Waals surface area contributed by atoms with E-state index in [0.29, 0.717) is 0 Å². The number of thioether (sulfide) groups is 1. The largest absolute Gasteiger partial charge is 0.457 e. The van der Waals surface area contributed by atoms with Gasteiger partial charge in [-0.15, -0.1) is 11.8 Å². The summed E-state index contributed by atoms with van der Waals surface area (Å²) in [7, 11) is 0. The number of hydrogen-bond acceptors (Lipinski definition) is 4. The van der Waals surface area contributed by atoms with Gasteiger partial charge in [0.25, 0.3) is 0 Å². The van der Waals surface area contributed by atoms with Crippen molar-refractivity contribution in [2.24, 2.45) is 0 Å². The third-order valence-electron chi connectivity index (χ3n) is 4.48. The highest BCUT2D eigenvalue weighted by Crippen LogP contribution is 2.46. The molecule has 1 atom stereocenters. The first-order valence-electron chi connectivity index (χ1n) is 8.35. The Kier molecular flexibility index (Phi) is 3.57. The first-order valence-corrected chi connectivity index (χ1v) is 9.33. The quantitative estimate of drug-likeness (QED) is 0.722. The van der Waals surface area contributed by atoms with Crippen molar-refractivity contribution in [1.82, 2.24) is 10.3 Å². The van der Waals surface area contributed by atoms with Gasteiger partial charge >= 0.3 is 6.03 Å². The summed E-state index contributed by atoms with van der Waals surface area (Å²) >= 11 is 1.69. The van der Waals surface area contributed by atoms with Crippen molar-refractivity contribution < 1.29 is 9.53 Å². The average Bonchev–Trinajstić information content (AvgIpc) is 3.08. The minimum atomic E-state index is -0.112. The van der Waals surface area contributed by atoms with Gasteiger partial charge in [0.1, 0.15) is 16.5 Å². The highest BCUT2D eigenvalue weighted by atomic mass is 32.2. The number of carbonyl (C=O) groups is 1. The van der Waals surface area contributed by atoms with Crippen LogP contribution in [0, 0.1) is 0 Å². The molecule has 5 nitrogen and oxygen atoms in total. The molecule has 1 N–H and O–H groups in total. The second-order valence-electron chi connectivity index (χ2n) is 6.11.